The number of anilines is 1. The maximum Gasteiger partial charge on any atom is 0.328 e. The number of sulfonamides is 1. The smallest absolute Gasteiger partial charge is 0.328 e. The summed E-state index contributed by atoms with van der Waals surface area (Å²) in [6, 6.07) is 3.24. The zero-order chi connectivity index (χ0) is 27.5. The maximum atomic E-state index is 13.7. The summed E-state index contributed by atoms with van der Waals surface area (Å²) in [4.78, 5) is 36.6. The first-order valence-corrected chi connectivity index (χ1v) is 15.3. The summed E-state index contributed by atoms with van der Waals surface area (Å²) >= 11 is 1.04. The minimum absolute atomic E-state index is 0.0383. The number of thioether (sulfide) groups is 1. The molecule has 0 radical (unpaired) electrons. The lowest BCUT2D eigenvalue weighted by Gasteiger charge is -2.41. The second-order valence-electron chi connectivity index (χ2n) is 11.0. The van der Waals surface area contributed by atoms with Gasteiger partial charge in [0.05, 0.1) is 31.3 Å². The Hall–Kier alpha value is -2.94. The van der Waals surface area contributed by atoms with Gasteiger partial charge in [-0.05, 0) is 43.9 Å². The molecule has 2 unspecified atom stereocenters. The van der Waals surface area contributed by atoms with Crippen LogP contribution in [0.1, 0.15) is 37.3 Å². The highest BCUT2D eigenvalue weighted by Crippen LogP contribution is 2.46. The average molecular weight is 574 g/mol. The number of aryl methyl sites for hydroxylation is 1. The van der Waals surface area contributed by atoms with Gasteiger partial charge in [0.2, 0.25) is 15.9 Å². The predicted octanol–water partition coefficient (Wildman–Crippen LogP) is 1.35. The zero-order valence-electron chi connectivity index (χ0n) is 21.7. The summed E-state index contributed by atoms with van der Waals surface area (Å²) < 4.78 is 30.8. The van der Waals surface area contributed by atoms with Crippen molar-refractivity contribution in [3.05, 3.63) is 52.2 Å². The van der Waals surface area contributed by atoms with Gasteiger partial charge in [-0.25, -0.2) is 22.9 Å². The highest BCUT2D eigenvalue weighted by atomic mass is 32.3. The zero-order valence-corrected chi connectivity index (χ0v) is 23.4. The molecule has 2 aromatic rings. The molecular formula is C25H31N7O5S2. The molecule has 12 nitrogen and oxygen atoms in total. The number of aliphatic hydroxyl groups is 1. The molecule has 0 bridgehead atoms. The number of aliphatic hydroxyl groups excluding tert-OH is 1. The lowest BCUT2D eigenvalue weighted by Crippen LogP contribution is -2.58. The standard InChI is InChI=1S/C25H31N7O5S2/c1-25(6-7-25)28-39(36,37)21-9-19-22(34)31(14-17-11-27-29(2)12-17)24(35)32(23(19)38-21)13-16-3-4-20(26-10-16)30-8-5-18(33)15-30/h3-4,9-12,18-19,23,28,33H,5-8,13-15H2,1-2H3/t18-,19?,23?/m0/s1. The van der Waals surface area contributed by atoms with E-state index in [4.69, 9.17) is 0 Å². The number of fused-ring (bicyclic) bond motifs is 1. The molecule has 14 heteroatoms. The Bertz CT molecular complexity index is 1440. The van der Waals surface area contributed by atoms with Gasteiger partial charge in [0.15, 0.2) is 0 Å². The number of carbonyl (C=O) groups is 2. The number of β-amino-alcohol motifs (C(OH)–C–C–N with tert-alkyl or cyclic N) is 1. The van der Waals surface area contributed by atoms with Crippen molar-refractivity contribution in [2.45, 2.75) is 56.3 Å². The van der Waals surface area contributed by atoms with Crippen molar-refractivity contribution in [1.82, 2.24) is 29.3 Å². The van der Waals surface area contributed by atoms with E-state index in [1.165, 1.54) is 11.0 Å². The number of imide groups is 1. The van der Waals surface area contributed by atoms with E-state index >= 15 is 0 Å². The van der Waals surface area contributed by atoms with Crippen molar-refractivity contribution in [3.63, 3.8) is 0 Å². The van der Waals surface area contributed by atoms with E-state index in [1.807, 2.05) is 24.0 Å². The highest BCUT2D eigenvalue weighted by Gasteiger charge is 2.52. The molecule has 39 heavy (non-hydrogen) atoms. The Morgan fingerprint density at radius 1 is 1.18 bits per heavy atom. The Morgan fingerprint density at radius 3 is 2.59 bits per heavy atom. The Kier molecular flexibility index (Phi) is 6.48. The minimum atomic E-state index is -3.83. The number of hydrogen-bond donors (Lipinski definition) is 2. The third-order valence-electron chi connectivity index (χ3n) is 7.59. The normalized spacial score (nSPS) is 26.3. The summed E-state index contributed by atoms with van der Waals surface area (Å²) in [5.74, 6) is -0.487. The van der Waals surface area contributed by atoms with Gasteiger partial charge in [-0.1, -0.05) is 17.8 Å². The molecule has 208 valence electrons. The number of pyridine rings is 1. The monoisotopic (exact) mass is 573 g/mol. The van der Waals surface area contributed by atoms with Crippen molar-refractivity contribution in [3.8, 4) is 0 Å². The average Bonchev–Trinajstić information content (AvgIpc) is 3.29. The molecule has 3 atom stereocenters. The van der Waals surface area contributed by atoms with Gasteiger partial charge in [0.25, 0.3) is 0 Å². The molecule has 1 saturated carbocycles. The van der Waals surface area contributed by atoms with Gasteiger partial charge < -0.3 is 14.9 Å². The fourth-order valence-electron chi connectivity index (χ4n) is 5.15. The van der Waals surface area contributed by atoms with Crippen molar-refractivity contribution < 1.29 is 23.1 Å². The molecule has 3 amide bonds. The summed E-state index contributed by atoms with van der Waals surface area (Å²) in [6.07, 6.45) is 8.36. The van der Waals surface area contributed by atoms with Crippen molar-refractivity contribution >= 4 is 39.5 Å². The van der Waals surface area contributed by atoms with Gasteiger partial charge in [-0.15, -0.1) is 0 Å². The third kappa shape index (κ3) is 5.17. The van der Waals surface area contributed by atoms with E-state index < -0.39 is 38.8 Å². The molecular weight excluding hydrogens is 542 g/mol. The Balaban J connectivity index is 1.27. The van der Waals surface area contributed by atoms with Crippen LogP contribution in [0, 0.1) is 5.92 Å². The molecule has 1 aliphatic carbocycles. The van der Waals surface area contributed by atoms with E-state index in [9.17, 15) is 23.1 Å². The van der Waals surface area contributed by atoms with E-state index in [1.54, 1.807) is 35.2 Å². The third-order valence-corrected chi connectivity index (χ3v) is 11.1. The van der Waals surface area contributed by atoms with Crippen LogP contribution >= 0.6 is 11.8 Å². The number of carbonyl (C=O) groups excluding carboxylic acids is 2. The highest BCUT2D eigenvalue weighted by molar-refractivity contribution is 8.18. The summed E-state index contributed by atoms with van der Waals surface area (Å²) in [7, 11) is -2.07. The van der Waals surface area contributed by atoms with Crippen LogP contribution < -0.4 is 9.62 Å². The predicted molar refractivity (Wildman–Crippen MR) is 144 cm³/mol. The molecule has 0 aromatic carbocycles. The van der Waals surface area contributed by atoms with Crippen LogP contribution in [0.4, 0.5) is 10.6 Å². The van der Waals surface area contributed by atoms with Gasteiger partial charge in [-0.2, -0.15) is 5.10 Å². The number of rotatable bonds is 8. The number of nitrogens with one attached hydrogen (secondary N) is 1. The van der Waals surface area contributed by atoms with Crippen LogP contribution in [0.2, 0.25) is 0 Å². The van der Waals surface area contributed by atoms with E-state index in [-0.39, 0.29) is 23.4 Å². The first kappa shape index (κ1) is 26.3. The Morgan fingerprint density at radius 2 is 1.97 bits per heavy atom. The molecule has 0 spiro atoms. The molecule has 2 saturated heterocycles. The number of amides is 3. The van der Waals surface area contributed by atoms with Gasteiger partial charge in [-0.3, -0.25) is 14.4 Å². The first-order valence-electron chi connectivity index (χ1n) is 12.9. The molecule has 3 aliphatic heterocycles. The topological polar surface area (TPSA) is 141 Å². The Labute approximate surface area is 231 Å². The van der Waals surface area contributed by atoms with Gasteiger partial charge in [0, 0.05) is 43.6 Å². The molecule has 6 rings (SSSR count). The second kappa shape index (κ2) is 9.61. The fraction of sp³-hybridized carbons (Fsp3) is 0.520. The molecule has 2 N–H and O–H groups in total. The molecule has 2 aromatic heterocycles. The van der Waals surface area contributed by atoms with Crippen LogP contribution in [0.3, 0.4) is 0 Å². The summed E-state index contributed by atoms with van der Waals surface area (Å²) in [5.41, 5.74) is 0.988. The van der Waals surface area contributed by atoms with Crippen LogP contribution in [0.15, 0.2) is 41.0 Å². The van der Waals surface area contributed by atoms with Crippen LogP contribution in [-0.2, 0) is 35.0 Å². The van der Waals surface area contributed by atoms with Gasteiger partial charge in [0.1, 0.15) is 15.4 Å². The number of hydrogen-bond acceptors (Lipinski definition) is 9. The second-order valence-corrected chi connectivity index (χ2v) is 14.0. The largest absolute Gasteiger partial charge is 0.391 e. The minimum Gasteiger partial charge on any atom is -0.391 e. The van der Waals surface area contributed by atoms with Crippen molar-refractivity contribution in [2.24, 2.45) is 13.0 Å². The lowest BCUT2D eigenvalue weighted by molar-refractivity contribution is -0.135. The van der Waals surface area contributed by atoms with E-state index in [0.29, 0.717) is 18.5 Å². The van der Waals surface area contributed by atoms with Crippen LogP contribution in [0.25, 0.3) is 0 Å². The van der Waals surface area contributed by atoms with Crippen LogP contribution in [0.5, 0.6) is 0 Å². The number of nitrogens with zero attached hydrogens (tertiary/aromatic N) is 6. The number of aromatic nitrogens is 3. The van der Waals surface area contributed by atoms with E-state index in [2.05, 4.69) is 14.8 Å². The quantitative estimate of drug-likeness (QED) is 0.479. The van der Waals surface area contributed by atoms with Crippen LogP contribution in [-0.4, -0.2) is 80.1 Å². The van der Waals surface area contributed by atoms with Gasteiger partial charge >= 0.3 is 6.03 Å². The first-order chi connectivity index (χ1) is 18.5. The maximum absolute atomic E-state index is 13.7. The van der Waals surface area contributed by atoms with Crippen molar-refractivity contribution in [2.75, 3.05) is 18.0 Å². The fourth-order valence-corrected chi connectivity index (χ4v) is 8.45. The molecule has 5 heterocycles. The lowest BCUT2D eigenvalue weighted by atomic mass is 10.0. The summed E-state index contributed by atoms with van der Waals surface area (Å²) in [5, 5.41) is 13.3. The van der Waals surface area contributed by atoms with Crippen molar-refractivity contribution in [1.29, 1.82) is 0 Å². The SMILES string of the molecule is Cn1cc(CN2C(=O)C3C=C(S(=O)(=O)NC4(C)CC4)SC3N(Cc3ccc(N4CC[C@H](O)C4)nc3)C2=O)cn1. The molecule has 3 fully saturated rings. The van der Waals surface area contributed by atoms with E-state index in [0.717, 1.165) is 42.5 Å². The summed E-state index contributed by atoms with van der Waals surface area (Å²) in [6.45, 7) is 3.30. The number of urea groups is 1. The molecule has 4 aliphatic rings.